The molecule has 0 saturated heterocycles. The summed E-state index contributed by atoms with van der Waals surface area (Å²) in [5, 5.41) is 13.7. The van der Waals surface area contributed by atoms with Crippen molar-refractivity contribution in [1.29, 1.82) is 0 Å². The molecule has 1 saturated carbocycles. The van der Waals surface area contributed by atoms with Crippen molar-refractivity contribution in [2.24, 2.45) is 5.92 Å². The second-order valence-corrected chi connectivity index (χ2v) is 6.89. The first-order valence-electron chi connectivity index (χ1n) is 8.13. The van der Waals surface area contributed by atoms with Crippen LogP contribution in [0.15, 0.2) is 24.3 Å². The highest BCUT2D eigenvalue weighted by molar-refractivity contribution is 5.19. The van der Waals surface area contributed by atoms with Crippen LogP contribution < -0.4 is 5.32 Å². The van der Waals surface area contributed by atoms with Gasteiger partial charge in [0.15, 0.2) is 0 Å². The number of ether oxygens (including phenoxy) is 1. The predicted octanol–water partition coefficient (Wildman–Crippen LogP) is 3.43. The lowest BCUT2D eigenvalue weighted by Gasteiger charge is -2.40. The van der Waals surface area contributed by atoms with E-state index < -0.39 is 6.10 Å². The zero-order chi connectivity index (χ0) is 16.2. The molecule has 1 aliphatic carbocycles. The van der Waals surface area contributed by atoms with Gasteiger partial charge in [0.05, 0.1) is 12.2 Å². The molecule has 4 heteroatoms. The van der Waals surface area contributed by atoms with Crippen molar-refractivity contribution in [3.8, 4) is 0 Å². The molecule has 0 bridgehead atoms. The van der Waals surface area contributed by atoms with E-state index in [1.807, 2.05) is 0 Å². The Kier molecular flexibility index (Phi) is 5.95. The van der Waals surface area contributed by atoms with Gasteiger partial charge in [0.1, 0.15) is 5.82 Å². The van der Waals surface area contributed by atoms with Crippen molar-refractivity contribution in [3.63, 3.8) is 0 Å². The summed E-state index contributed by atoms with van der Waals surface area (Å²) in [7, 11) is 1.78. The molecule has 0 heterocycles. The number of hydrogen-bond acceptors (Lipinski definition) is 3. The second-order valence-electron chi connectivity index (χ2n) is 6.89. The molecule has 1 aliphatic rings. The number of nitrogens with one attached hydrogen (secondary N) is 1. The second kappa shape index (κ2) is 7.53. The quantitative estimate of drug-likeness (QED) is 0.846. The van der Waals surface area contributed by atoms with Crippen molar-refractivity contribution < 1.29 is 14.2 Å². The average Bonchev–Trinajstić information content (AvgIpc) is 2.52. The number of aliphatic hydroxyl groups is 1. The summed E-state index contributed by atoms with van der Waals surface area (Å²) in [5.74, 6) is 0.205. The summed E-state index contributed by atoms with van der Waals surface area (Å²) < 4.78 is 18.7. The lowest BCUT2D eigenvalue weighted by atomic mass is 9.75. The van der Waals surface area contributed by atoms with Crippen LogP contribution in [0, 0.1) is 11.7 Å². The van der Waals surface area contributed by atoms with Crippen LogP contribution in [-0.4, -0.2) is 30.4 Å². The zero-order valence-electron chi connectivity index (χ0n) is 13.8. The molecule has 0 spiro atoms. The highest BCUT2D eigenvalue weighted by Gasteiger charge is 2.34. The fourth-order valence-corrected chi connectivity index (χ4v) is 3.35. The number of β-amino-alcohol motifs (C(OH)–C–C–N with tert-alkyl or cyclic N) is 1. The Morgan fingerprint density at radius 2 is 2.18 bits per heavy atom. The maximum Gasteiger partial charge on any atom is 0.123 e. The van der Waals surface area contributed by atoms with Crippen molar-refractivity contribution in [3.05, 3.63) is 35.6 Å². The molecule has 0 radical (unpaired) electrons. The molecule has 0 aromatic heterocycles. The van der Waals surface area contributed by atoms with E-state index in [4.69, 9.17) is 4.74 Å². The average molecular weight is 309 g/mol. The van der Waals surface area contributed by atoms with Crippen molar-refractivity contribution in [2.75, 3.05) is 13.7 Å². The van der Waals surface area contributed by atoms with Gasteiger partial charge in [-0.15, -0.1) is 0 Å². The normalized spacial score (nSPS) is 24.2. The number of hydrogen-bond donors (Lipinski definition) is 2. The highest BCUT2D eigenvalue weighted by atomic mass is 19.1. The van der Waals surface area contributed by atoms with Crippen molar-refractivity contribution in [2.45, 2.75) is 57.3 Å². The topological polar surface area (TPSA) is 41.5 Å². The molecular formula is C18H28FNO2. The van der Waals surface area contributed by atoms with Crippen LogP contribution in [-0.2, 0) is 4.74 Å². The van der Waals surface area contributed by atoms with Gasteiger partial charge in [-0.25, -0.2) is 4.39 Å². The largest absolute Gasteiger partial charge is 0.387 e. The van der Waals surface area contributed by atoms with E-state index in [0.29, 0.717) is 24.1 Å². The molecule has 1 aromatic carbocycles. The van der Waals surface area contributed by atoms with Gasteiger partial charge >= 0.3 is 0 Å². The summed E-state index contributed by atoms with van der Waals surface area (Å²) in [5.41, 5.74) is 0.535. The van der Waals surface area contributed by atoms with E-state index in [-0.39, 0.29) is 11.4 Å². The Bertz CT molecular complexity index is 478. The third-order valence-corrected chi connectivity index (χ3v) is 4.96. The lowest BCUT2D eigenvalue weighted by molar-refractivity contribution is 0.0269. The minimum absolute atomic E-state index is 0.0779. The molecule has 124 valence electrons. The van der Waals surface area contributed by atoms with Gasteiger partial charge in [-0.1, -0.05) is 18.6 Å². The third-order valence-electron chi connectivity index (χ3n) is 4.96. The molecule has 22 heavy (non-hydrogen) atoms. The molecule has 0 amide bonds. The van der Waals surface area contributed by atoms with Gasteiger partial charge in [-0.3, -0.25) is 0 Å². The zero-order valence-corrected chi connectivity index (χ0v) is 13.8. The monoisotopic (exact) mass is 309 g/mol. The minimum Gasteiger partial charge on any atom is -0.387 e. The van der Waals surface area contributed by atoms with Gasteiger partial charge in [0, 0.05) is 19.2 Å². The van der Waals surface area contributed by atoms with Gasteiger partial charge < -0.3 is 15.2 Å². The first kappa shape index (κ1) is 17.4. The molecular weight excluding hydrogens is 281 g/mol. The standard InChI is InChI=1S/C18H28FNO2/c1-18(2,14-7-5-9-16(11-14)22-3)20-12-17(21)13-6-4-8-15(19)10-13/h4,6,8,10,14,16-17,20-21H,5,7,9,11-12H2,1-3H3/t14-,16+,17-/m0/s1. The van der Waals surface area contributed by atoms with Crippen LogP contribution in [0.1, 0.15) is 51.2 Å². The molecule has 1 aromatic rings. The number of methoxy groups -OCH3 is 1. The number of halogens is 1. The van der Waals surface area contributed by atoms with E-state index in [1.54, 1.807) is 19.2 Å². The van der Waals surface area contributed by atoms with E-state index in [1.165, 1.54) is 25.0 Å². The van der Waals surface area contributed by atoms with Gasteiger partial charge in [-0.05, 0) is 56.7 Å². The number of benzene rings is 1. The smallest absolute Gasteiger partial charge is 0.123 e. The summed E-state index contributed by atoms with van der Waals surface area (Å²) in [4.78, 5) is 0. The van der Waals surface area contributed by atoms with Gasteiger partial charge in [0.2, 0.25) is 0 Å². The van der Waals surface area contributed by atoms with Crippen LogP contribution >= 0.6 is 0 Å². The number of aliphatic hydroxyl groups excluding tert-OH is 1. The van der Waals surface area contributed by atoms with Crippen LogP contribution in [0.5, 0.6) is 0 Å². The summed E-state index contributed by atoms with van der Waals surface area (Å²) in [6.45, 7) is 4.77. The number of rotatable bonds is 6. The van der Waals surface area contributed by atoms with Crippen LogP contribution in [0.3, 0.4) is 0 Å². The van der Waals surface area contributed by atoms with E-state index in [2.05, 4.69) is 19.2 Å². The van der Waals surface area contributed by atoms with Crippen LogP contribution in [0.25, 0.3) is 0 Å². The lowest BCUT2D eigenvalue weighted by Crippen LogP contribution is -2.49. The molecule has 2 rings (SSSR count). The van der Waals surface area contributed by atoms with E-state index in [0.717, 1.165) is 12.8 Å². The fraction of sp³-hybridized carbons (Fsp3) is 0.667. The Balaban J connectivity index is 1.91. The van der Waals surface area contributed by atoms with E-state index >= 15 is 0 Å². The van der Waals surface area contributed by atoms with Crippen LogP contribution in [0.4, 0.5) is 4.39 Å². The Labute approximate surface area is 132 Å². The summed E-state index contributed by atoms with van der Waals surface area (Å²) >= 11 is 0. The van der Waals surface area contributed by atoms with E-state index in [9.17, 15) is 9.50 Å². The maximum absolute atomic E-state index is 13.2. The minimum atomic E-state index is -0.697. The Morgan fingerprint density at radius 1 is 1.41 bits per heavy atom. The Morgan fingerprint density at radius 3 is 2.86 bits per heavy atom. The predicted molar refractivity (Wildman–Crippen MR) is 86.2 cm³/mol. The SMILES string of the molecule is CO[C@@H]1CCC[C@H](C(C)(C)NC[C@H](O)c2cccc(F)c2)C1. The maximum atomic E-state index is 13.2. The molecule has 0 unspecified atom stereocenters. The van der Waals surface area contributed by atoms with Gasteiger partial charge in [0.25, 0.3) is 0 Å². The fourth-order valence-electron chi connectivity index (χ4n) is 3.35. The van der Waals surface area contributed by atoms with Crippen LogP contribution in [0.2, 0.25) is 0 Å². The Hall–Kier alpha value is -0.970. The van der Waals surface area contributed by atoms with Crippen molar-refractivity contribution >= 4 is 0 Å². The van der Waals surface area contributed by atoms with Gasteiger partial charge in [-0.2, -0.15) is 0 Å². The molecule has 1 fully saturated rings. The summed E-state index contributed by atoms with van der Waals surface area (Å²) in [6, 6.07) is 6.16. The molecule has 2 N–H and O–H groups in total. The third kappa shape index (κ3) is 4.51. The first-order chi connectivity index (χ1) is 10.4. The highest BCUT2D eigenvalue weighted by Crippen LogP contribution is 2.34. The van der Waals surface area contributed by atoms with Crippen molar-refractivity contribution in [1.82, 2.24) is 5.32 Å². The molecule has 0 aliphatic heterocycles. The summed E-state index contributed by atoms with van der Waals surface area (Å²) in [6.07, 6.45) is 4.18. The first-order valence-corrected chi connectivity index (χ1v) is 8.13. The molecule has 3 nitrogen and oxygen atoms in total. The molecule has 3 atom stereocenters.